The molecule has 5 atom stereocenters. The zero-order chi connectivity index (χ0) is 27.9. The van der Waals surface area contributed by atoms with Gasteiger partial charge in [0.25, 0.3) is 0 Å². The summed E-state index contributed by atoms with van der Waals surface area (Å²) >= 11 is 0. The van der Waals surface area contributed by atoms with E-state index in [1.54, 1.807) is 48.5 Å². The first kappa shape index (κ1) is 30.7. The Morgan fingerprint density at radius 2 is 1.29 bits per heavy atom. The van der Waals surface area contributed by atoms with E-state index in [9.17, 15) is 34.8 Å². The van der Waals surface area contributed by atoms with Crippen LogP contribution in [0.2, 0.25) is 0 Å². The van der Waals surface area contributed by atoms with Crippen molar-refractivity contribution in [1.82, 2.24) is 10.6 Å². The standard InChI is InChI=1S/C26H34N2O10/c29-14-21(31)24(34)23(33)20(30)13-27-22(32)12-11-19(25(35)37-15-17-7-3-1-4-8-17)28-26(36)38-16-18-9-5-2-6-10-18/h1-10,19-21,23-24,29-31,33-34H,11-16H2,(H,27,32)(H,28,36)/t19-,20-,21+,23+,24+/m0/s1. The number of hydrogen-bond donors (Lipinski definition) is 7. The van der Waals surface area contributed by atoms with E-state index in [-0.39, 0.29) is 26.1 Å². The van der Waals surface area contributed by atoms with Gasteiger partial charge in [0.2, 0.25) is 5.91 Å². The van der Waals surface area contributed by atoms with Gasteiger partial charge in [-0.3, -0.25) is 4.79 Å². The Morgan fingerprint density at radius 1 is 0.763 bits per heavy atom. The number of hydrogen-bond acceptors (Lipinski definition) is 10. The lowest BCUT2D eigenvalue weighted by atomic mass is 10.0. The van der Waals surface area contributed by atoms with Gasteiger partial charge in [0.15, 0.2) is 0 Å². The van der Waals surface area contributed by atoms with Gasteiger partial charge in [-0.05, 0) is 17.5 Å². The van der Waals surface area contributed by atoms with E-state index >= 15 is 0 Å². The molecule has 0 aliphatic heterocycles. The third kappa shape index (κ3) is 10.8. The van der Waals surface area contributed by atoms with E-state index in [2.05, 4.69) is 10.6 Å². The van der Waals surface area contributed by atoms with Gasteiger partial charge in [-0.25, -0.2) is 9.59 Å². The van der Waals surface area contributed by atoms with Crippen LogP contribution < -0.4 is 10.6 Å². The minimum Gasteiger partial charge on any atom is -0.459 e. The minimum absolute atomic E-state index is 0.0318. The molecule has 2 aromatic rings. The monoisotopic (exact) mass is 534 g/mol. The molecule has 0 bridgehead atoms. The van der Waals surface area contributed by atoms with Gasteiger partial charge < -0.3 is 45.6 Å². The van der Waals surface area contributed by atoms with E-state index in [0.29, 0.717) is 0 Å². The number of ether oxygens (including phenoxy) is 2. The summed E-state index contributed by atoms with van der Waals surface area (Å²) in [6, 6.07) is 16.6. The molecular formula is C26H34N2O10. The molecular weight excluding hydrogens is 500 g/mol. The zero-order valence-corrected chi connectivity index (χ0v) is 20.7. The van der Waals surface area contributed by atoms with E-state index in [1.807, 2.05) is 12.1 Å². The number of aliphatic hydroxyl groups is 5. The summed E-state index contributed by atoms with van der Waals surface area (Å²) in [5, 5.41) is 52.3. The smallest absolute Gasteiger partial charge is 0.408 e. The second kappa shape index (κ2) is 16.3. The molecule has 0 heterocycles. The minimum atomic E-state index is -1.83. The number of carbonyl (C=O) groups is 3. The van der Waals surface area contributed by atoms with Crippen LogP contribution in [-0.4, -0.2) is 87.1 Å². The van der Waals surface area contributed by atoms with Crippen molar-refractivity contribution in [2.75, 3.05) is 13.2 Å². The zero-order valence-electron chi connectivity index (χ0n) is 20.7. The molecule has 0 spiro atoms. The van der Waals surface area contributed by atoms with Crippen LogP contribution in [0.3, 0.4) is 0 Å². The van der Waals surface area contributed by atoms with Crippen LogP contribution in [0.15, 0.2) is 60.7 Å². The van der Waals surface area contributed by atoms with Gasteiger partial charge in [-0.2, -0.15) is 0 Å². The number of amides is 2. The van der Waals surface area contributed by atoms with Crippen LogP contribution in [0.5, 0.6) is 0 Å². The molecule has 7 N–H and O–H groups in total. The van der Waals surface area contributed by atoms with Crippen LogP contribution in [0.1, 0.15) is 24.0 Å². The lowest BCUT2D eigenvalue weighted by Crippen LogP contribution is -2.49. The Balaban J connectivity index is 1.90. The van der Waals surface area contributed by atoms with Crippen molar-refractivity contribution in [2.24, 2.45) is 0 Å². The summed E-state index contributed by atoms with van der Waals surface area (Å²) in [6.45, 7) is -1.39. The predicted molar refractivity (Wildman–Crippen MR) is 133 cm³/mol. The summed E-state index contributed by atoms with van der Waals surface area (Å²) in [6.07, 6.45) is -8.30. The fourth-order valence-corrected chi connectivity index (χ4v) is 3.25. The Kier molecular flexibility index (Phi) is 13.2. The maximum Gasteiger partial charge on any atom is 0.408 e. The normalized spacial score (nSPS) is 14.9. The van der Waals surface area contributed by atoms with E-state index in [1.165, 1.54) is 0 Å². The first-order valence-electron chi connectivity index (χ1n) is 12.0. The van der Waals surface area contributed by atoms with Gasteiger partial charge in [0, 0.05) is 13.0 Å². The first-order valence-corrected chi connectivity index (χ1v) is 12.0. The lowest BCUT2D eigenvalue weighted by Gasteiger charge is -2.25. The third-order valence-corrected chi connectivity index (χ3v) is 5.51. The molecule has 0 aliphatic rings. The Labute approximate surface area is 219 Å². The van der Waals surface area contributed by atoms with Gasteiger partial charge in [0.1, 0.15) is 37.6 Å². The fourth-order valence-electron chi connectivity index (χ4n) is 3.25. The van der Waals surface area contributed by atoms with Crippen molar-refractivity contribution in [3.05, 3.63) is 71.8 Å². The molecule has 0 aliphatic carbocycles. The van der Waals surface area contributed by atoms with Gasteiger partial charge in [-0.15, -0.1) is 0 Å². The highest BCUT2D eigenvalue weighted by atomic mass is 16.6. The highest BCUT2D eigenvalue weighted by molar-refractivity contribution is 5.83. The molecule has 0 unspecified atom stereocenters. The van der Waals surface area contributed by atoms with Gasteiger partial charge in [0.05, 0.1) is 12.7 Å². The van der Waals surface area contributed by atoms with E-state index in [0.717, 1.165) is 11.1 Å². The fraction of sp³-hybridized carbons (Fsp3) is 0.423. The lowest BCUT2D eigenvalue weighted by molar-refractivity contribution is -0.147. The van der Waals surface area contributed by atoms with Crippen molar-refractivity contribution < 1.29 is 49.4 Å². The van der Waals surface area contributed by atoms with Gasteiger partial charge >= 0.3 is 12.1 Å². The summed E-state index contributed by atoms with van der Waals surface area (Å²) in [7, 11) is 0. The van der Waals surface area contributed by atoms with Crippen molar-refractivity contribution >= 4 is 18.0 Å². The van der Waals surface area contributed by atoms with Crippen molar-refractivity contribution in [1.29, 1.82) is 0 Å². The van der Waals surface area contributed by atoms with Crippen molar-refractivity contribution in [2.45, 2.75) is 56.5 Å². The second-order valence-electron chi connectivity index (χ2n) is 8.49. The number of nitrogens with one attached hydrogen (secondary N) is 2. The molecule has 12 heteroatoms. The molecule has 0 fully saturated rings. The Hall–Kier alpha value is -3.55. The maximum atomic E-state index is 12.7. The van der Waals surface area contributed by atoms with E-state index in [4.69, 9.17) is 14.6 Å². The molecule has 38 heavy (non-hydrogen) atoms. The van der Waals surface area contributed by atoms with Crippen LogP contribution in [-0.2, 0) is 32.3 Å². The topological polar surface area (TPSA) is 195 Å². The highest BCUT2D eigenvalue weighted by Gasteiger charge is 2.30. The Bertz CT molecular complexity index is 992. The van der Waals surface area contributed by atoms with Crippen LogP contribution in [0, 0.1) is 0 Å². The van der Waals surface area contributed by atoms with Crippen molar-refractivity contribution in [3.63, 3.8) is 0 Å². The third-order valence-electron chi connectivity index (χ3n) is 5.51. The summed E-state index contributed by atoms with van der Waals surface area (Å²) < 4.78 is 10.4. The molecule has 0 aromatic heterocycles. The highest BCUT2D eigenvalue weighted by Crippen LogP contribution is 2.08. The SMILES string of the molecule is O=C(CC[C@H](NC(=O)OCc1ccccc1)C(=O)OCc1ccccc1)NC[C@H](O)[C@@H](O)[C@H](O)[C@H](O)CO. The first-order chi connectivity index (χ1) is 18.2. The predicted octanol–water partition coefficient (Wildman–Crippen LogP) is -0.643. The van der Waals surface area contributed by atoms with Crippen molar-refractivity contribution in [3.8, 4) is 0 Å². The summed E-state index contributed by atoms with van der Waals surface area (Å²) in [5.41, 5.74) is 1.47. The average molecular weight is 535 g/mol. The van der Waals surface area contributed by atoms with E-state index < -0.39 is 61.6 Å². The van der Waals surface area contributed by atoms with Crippen LogP contribution >= 0.6 is 0 Å². The molecule has 208 valence electrons. The molecule has 2 amide bonds. The number of benzene rings is 2. The van der Waals surface area contributed by atoms with Crippen LogP contribution in [0.4, 0.5) is 4.79 Å². The maximum absolute atomic E-state index is 12.7. The second-order valence-corrected chi connectivity index (χ2v) is 8.49. The molecule has 0 saturated heterocycles. The molecule has 2 aromatic carbocycles. The van der Waals surface area contributed by atoms with Crippen LogP contribution in [0.25, 0.3) is 0 Å². The number of alkyl carbamates (subject to hydrolysis) is 1. The summed E-state index contributed by atoms with van der Waals surface area (Å²) in [5.74, 6) is -1.41. The Morgan fingerprint density at radius 3 is 1.84 bits per heavy atom. The number of rotatable bonds is 15. The largest absolute Gasteiger partial charge is 0.459 e. The number of esters is 1. The summed E-state index contributed by atoms with van der Waals surface area (Å²) in [4.78, 5) is 37.3. The molecule has 0 saturated carbocycles. The quantitative estimate of drug-likeness (QED) is 0.144. The number of aliphatic hydroxyl groups excluding tert-OH is 5. The van der Waals surface area contributed by atoms with Gasteiger partial charge in [-0.1, -0.05) is 60.7 Å². The molecule has 2 rings (SSSR count). The number of carbonyl (C=O) groups excluding carboxylic acids is 3. The molecule has 12 nitrogen and oxygen atoms in total. The molecule has 0 radical (unpaired) electrons. The average Bonchev–Trinajstić information content (AvgIpc) is 2.95.